The second-order valence-electron chi connectivity index (χ2n) is 5.85. The van der Waals surface area contributed by atoms with E-state index in [9.17, 15) is 4.79 Å². The lowest BCUT2D eigenvalue weighted by molar-refractivity contribution is -0.126. The Hall–Kier alpha value is -1.36. The highest BCUT2D eigenvalue weighted by Gasteiger charge is 2.33. The van der Waals surface area contributed by atoms with Crippen LogP contribution in [0.4, 0.5) is 0 Å². The molecule has 106 valence electrons. The van der Waals surface area contributed by atoms with Crippen LogP contribution in [0.3, 0.4) is 0 Å². The minimum Gasteiger partial charge on any atom is -0.380 e. The Morgan fingerprint density at radius 3 is 2.63 bits per heavy atom. The summed E-state index contributed by atoms with van der Waals surface area (Å²) in [5.41, 5.74) is 3.49. The number of nitrogens with one attached hydrogen (secondary N) is 1. The van der Waals surface area contributed by atoms with Gasteiger partial charge < -0.3 is 10.1 Å². The van der Waals surface area contributed by atoms with E-state index in [0.717, 1.165) is 31.0 Å². The van der Waals surface area contributed by atoms with Gasteiger partial charge in [0.2, 0.25) is 5.91 Å². The third kappa shape index (κ3) is 3.15. The molecule has 5 heteroatoms. The Morgan fingerprint density at radius 1 is 1.47 bits per heavy atom. The van der Waals surface area contributed by atoms with Gasteiger partial charge in [-0.2, -0.15) is 5.10 Å². The standard InChI is InChI=1S/C14H23N3O2/c1-10-12(11(2)17(4)16-10)5-6-13(18)15-7-14(3)8-19-9-14/h5-9H2,1-4H3,(H,15,18). The number of carbonyl (C=O) groups excluding carboxylic acids is 1. The molecule has 1 aromatic rings. The number of hydrogen-bond acceptors (Lipinski definition) is 3. The van der Waals surface area contributed by atoms with Crippen molar-refractivity contribution in [1.29, 1.82) is 0 Å². The Balaban J connectivity index is 1.80. The van der Waals surface area contributed by atoms with Gasteiger partial charge in [-0.25, -0.2) is 0 Å². The predicted octanol–water partition coefficient (Wildman–Crippen LogP) is 1.12. The summed E-state index contributed by atoms with van der Waals surface area (Å²) in [5.74, 6) is 0.107. The first kappa shape index (κ1) is 14.1. The largest absolute Gasteiger partial charge is 0.380 e. The average Bonchev–Trinajstić information content (AvgIpc) is 2.56. The van der Waals surface area contributed by atoms with E-state index in [0.29, 0.717) is 13.0 Å². The summed E-state index contributed by atoms with van der Waals surface area (Å²) < 4.78 is 7.04. The summed E-state index contributed by atoms with van der Waals surface area (Å²) in [7, 11) is 1.93. The highest BCUT2D eigenvalue weighted by Crippen LogP contribution is 2.25. The lowest BCUT2D eigenvalue weighted by Crippen LogP contribution is -2.48. The fraction of sp³-hybridized carbons (Fsp3) is 0.714. The molecule has 2 rings (SSSR count). The summed E-state index contributed by atoms with van der Waals surface area (Å²) in [6, 6.07) is 0. The third-order valence-corrected chi connectivity index (χ3v) is 3.87. The van der Waals surface area contributed by atoms with Crippen LogP contribution in [0.5, 0.6) is 0 Å². The van der Waals surface area contributed by atoms with Crippen LogP contribution in [0.1, 0.15) is 30.3 Å². The molecule has 5 nitrogen and oxygen atoms in total. The predicted molar refractivity (Wildman–Crippen MR) is 72.9 cm³/mol. The van der Waals surface area contributed by atoms with Gasteiger partial charge in [0.15, 0.2) is 0 Å². The van der Waals surface area contributed by atoms with Crippen LogP contribution in [0, 0.1) is 19.3 Å². The van der Waals surface area contributed by atoms with Crippen LogP contribution in [0.25, 0.3) is 0 Å². The normalized spacial score (nSPS) is 17.1. The van der Waals surface area contributed by atoms with E-state index in [4.69, 9.17) is 4.74 Å². The van der Waals surface area contributed by atoms with Crippen molar-refractivity contribution in [3.63, 3.8) is 0 Å². The molecule has 1 aliphatic heterocycles. The molecule has 1 saturated heterocycles. The fourth-order valence-corrected chi connectivity index (χ4v) is 2.37. The molecule has 1 fully saturated rings. The van der Waals surface area contributed by atoms with Crippen LogP contribution < -0.4 is 5.32 Å². The van der Waals surface area contributed by atoms with Gasteiger partial charge in [-0.3, -0.25) is 9.48 Å². The van der Waals surface area contributed by atoms with Crippen LogP contribution >= 0.6 is 0 Å². The number of hydrogen-bond donors (Lipinski definition) is 1. The number of amides is 1. The smallest absolute Gasteiger partial charge is 0.220 e. The van der Waals surface area contributed by atoms with E-state index in [2.05, 4.69) is 17.3 Å². The van der Waals surface area contributed by atoms with Gasteiger partial charge in [-0.05, 0) is 25.8 Å². The van der Waals surface area contributed by atoms with Gasteiger partial charge in [-0.1, -0.05) is 6.92 Å². The minimum absolute atomic E-state index is 0.107. The molecule has 1 aliphatic rings. The van der Waals surface area contributed by atoms with Crippen LogP contribution in [-0.4, -0.2) is 35.4 Å². The maximum atomic E-state index is 11.9. The molecule has 0 atom stereocenters. The average molecular weight is 265 g/mol. The SMILES string of the molecule is Cc1nn(C)c(C)c1CCC(=O)NCC1(C)COC1. The van der Waals surface area contributed by atoms with Crippen molar-refractivity contribution in [2.45, 2.75) is 33.6 Å². The van der Waals surface area contributed by atoms with E-state index in [-0.39, 0.29) is 11.3 Å². The van der Waals surface area contributed by atoms with Crippen molar-refractivity contribution in [2.75, 3.05) is 19.8 Å². The monoisotopic (exact) mass is 265 g/mol. The first-order valence-corrected chi connectivity index (χ1v) is 6.75. The first-order chi connectivity index (χ1) is 8.91. The third-order valence-electron chi connectivity index (χ3n) is 3.87. The van der Waals surface area contributed by atoms with E-state index >= 15 is 0 Å². The molecule has 0 spiro atoms. The quantitative estimate of drug-likeness (QED) is 0.868. The molecule has 1 amide bonds. The van der Waals surface area contributed by atoms with E-state index in [1.807, 2.05) is 25.6 Å². The molecule has 1 aromatic heterocycles. The van der Waals surface area contributed by atoms with Crippen molar-refractivity contribution < 1.29 is 9.53 Å². The zero-order valence-corrected chi connectivity index (χ0v) is 12.2. The Kier molecular flexibility index (Phi) is 3.94. The molecule has 19 heavy (non-hydrogen) atoms. The second kappa shape index (κ2) is 5.33. The maximum absolute atomic E-state index is 11.9. The Morgan fingerprint density at radius 2 is 2.16 bits per heavy atom. The van der Waals surface area contributed by atoms with E-state index in [1.165, 1.54) is 5.56 Å². The molecular formula is C14H23N3O2. The maximum Gasteiger partial charge on any atom is 0.220 e. The molecule has 0 bridgehead atoms. The van der Waals surface area contributed by atoms with Crippen molar-refractivity contribution in [3.8, 4) is 0 Å². The van der Waals surface area contributed by atoms with Crippen LogP contribution in [-0.2, 0) is 23.0 Å². The van der Waals surface area contributed by atoms with E-state index < -0.39 is 0 Å². The summed E-state index contributed by atoms with van der Waals surface area (Å²) in [5, 5.41) is 7.36. The molecule has 0 aliphatic carbocycles. The van der Waals surface area contributed by atoms with Crippen LogP contribution in [0.2, 0.25) is 0 Å². The minimum atomic E-state index is 0.107. The van der Waals surface area contributed by atoms with Crippen molar-refractivity contribution in [2.24, 2.45) is 12.5 Å². The summed E-state index contributed by atoms with van der Waals surface area (Å²) in [6.45, 7) is 8.36. The fourth-order valence-electron chi connectivity index (χ4n) is 2.37. The van der Waals surface area contributed by atoms with Crippen molar-refractivity contribution >= 4 is 5.91 Å². The van der Waals surface area contributed by atoms with E-state index in [1.54, 1.807) is 0 Å². The molecule has 0 radical (unpaired) electrons. The summed E-state index contributed by atoms with van der Waals surface area (Å²) in [6.07, 6.45) is 1.27. The molecular weight excluding hydrogens is 242 g/mol. The van der Waals surface area contributed by atoms with Gasteiger partial charge in [-0.15, -0.1) is 0 Å². The topological polar surface area (TPSA) is 56.2 Å². The van der Waals surface area contributed by atoms with Gasteiger partial charge in [0.25, 0.3) is 0 Å². The zero-order valence-electron chi connectivity index (χ0n) is 12.2. The number of aryl methyl sites for hydroxylation is 2. The first-order valence-electron chi connectivity index (χ1n) is 6.75. The van der Waals surface area contributed by atoms with Crippen molar-refractivity contribution in [1.82, 2.24) is 15.1 Å². The lowest BCUT2D eigenvalue weighted by atomic mass is 9.89. The summed E-state index contributed by atoms with van der Waals surface area (Å²) >= 11 is 0. The van der Waals surface area contributed by atoms with Gasteiger partial charge in [0.1, 0.15) is 0 Å². The number of nitrogens with zero attached hydrogens (tertiary/aromatic N) is 2. The number of carbonyl (C=O) groups is 1. The van der Waals surface area contributed by atoms with Gasteiger partial charge in [0, 0.05) is 31.1 Å². The number of aromatic nitrogens is 2. The Labute approximate surface area is 114 Å². The summed E-state index contributed by atoms with van der Waals surface area (Å²) in [4.78, 5) is 11.9. The van der Waals surface area contributed by atoms with Crippen molar-refractivity contribution in [3.05, 3.63) is 17.0 Å². The zero-order chi connectivity index (χ0) is 14.0. The molecule has 0 unspecified atom stereocenters. The Bertz CT molecular complexity index is 475. The molecule has 0 aromatic carbocycles. The molecule has 0 saturated carbocycles. The number of ether oxygens (including phenoxy) is 1. The highest BCUT2D eigenvalue weighted by atomic mass is 16.5. The second-order valence-corrected chi connectivity index (χ2v) is 5.85. The van der Waals surface area contributed by atoms with Crippen LogP contribution in [0.15, 0.2) is 0 Å². The highest BCUT2D eigenvalue weighted by molar-refractivity contribution is 5.76. The van der Waals surface area contributed by atoms with Gasteiger partial charge >= 0.3 is 0 Å². The molecule has 2 heterocycles. The van der Waals surface area contributed by atoms with Gasteiger partial charge in [0.05, 0.1) is 18.9 Å². The molecule has 1 N–H and O–H groups in total. The lowest BCUT2D eigenvalue weighted by Gasteiger charge is -2.38. The number of rotatable bonds is 5.